The molecule has 0 atom stereocenters. The van der Waals surface area contributed by atoms with Gasteiger partial charge in [-0.05, 0) is 112 Å². The van der Waals surface area contributed by atoms with Crippen molar-refractivity contribution in [1.82, 2.24) is 9.13 Å². The smallest absolute Gasteiger partial charge is 0.143 e. The van der Waals surface area contributed by atoms with Crippen molar-refractivity contribution >= 4 is 76.3 Å². The van der Waals surface area contributed by atoms with Crippen molar-refractivity contribution in [1.29, 1.82) is 0 Å². The van der Waals surface area contributed by atoms with Crippen LogP contribution in [0.1, 0.15) is 25.0 Å². The summed E-state index contributed by atoms with van der Waals surface area (Å²) in [4.78, 5) is 0. The SMILES string of the molecule is CC1(C)c2ccccc2-c2cc3c4cc(-c5ccc6c(c5)c5cc7c(cc5n6-c5ccccc5)oc5c6ccccc6ccc75)ccc4n(-c4ccccc4)c3cc21. The van der Waals surface area contributed by atoms with E-state index in [9.17, 15) is 0 Å². The number of rotatable bonds is 3. The van der Waals surface area contributed by atoms with Crippen LogP contribution in [0.3, 0.4) is 0 Å². The summed E-state index contributed by atoms with van der Waals surface area (Å²) in [5.74, 6) is 0. The summed E-state index contributed by atoms with van der Waals surface area (Å²) in [7, 11) is 0. The lowest BCUT2D eigenvalue weighted by molar-refractivity contribution is 0.661. The summed E-state index contributed by atoms with van der Waals surface area (Å²) in [5.41, 5.74) is 16.7. The van der Waals surface area contributed by atoms with Crippen LogP contribution in [0.25, 0.3) is 110 Å². The molecule has 9 aromatic carbocycles. The topological polar surface area (TPSA) is 23.0 Å². The van der Waals surface area contributed by atoms with E-state index < -0.39 is 0 Å². The van der Waals surface area contributed by atoms with Crippen molar-refractivity contribution in [3.63, 3.8) is 0 Å². The van der Waals surface area contributed by atoms with E-state index in [1.54, 1.807) is 0 Å². The van der Waals surface area contributed by atoms with E-state index >= 15 is 0 Å². The van der Waals surface area contributed by atoms with Crippen molar-refractivity contribution in [3.05, 3.63) is 193 Å². The molecule has 0 spiro atoms. The number of para-hydroxylation sites is 2. The quantitative estimate of drug-likeness (QED) is 0.177. The third kappa shape index (κ3) is 4.23. The summed E-state index contributed by atoms with van der Waals surface area (Å²) in [6, 6.07) is 66.9. The molecule has 13 rings (SSSR count). The monoisotopic (exact) mass is 740 g/mol. The Morgan fingerprint density at radius 2 is 0.966 bits per heavy atom. The van der Waals surface area contributed by atoms with Crippen molar-refractivity contribution < 1.29 is 4.42 Å². The third-order valence-corrected chi connectivity index (χ3v) is 13.1. The molecule has 0 saturated heterocycles. The Morgan fingerprint density at radius 1 is 0.379 bits per heavy atom. The Kier molecular flexibility index (Phi) is 6.23. The number of furan rings is 1. The molecule has 12 aromatic rings. The van der Waals surface area contributed by atoms with Crippen molar-refractivity contribution in [2.75, 3.05) is 0 Å². The Morgan fingerprint density at radius 3 is 1.67 bits per heavy atom. The summed E-state index contributed by atoms with van der Waals surface area (Å²) < 4.78 is 11.5. The molecule has 3 aromatic heterocycles. The van der Waals surface area contributed by atoms with Crippen molar-refractivity contribution in [2.24, 2.45) is 0 Å². The minimum Gasteiger partial charge on any atom is -0.455 e. The Balaban J connectivity index is 1.07. The van der Waals surface area contributed by atoms with Crippen LogP contribution in [0, 0.1) is 0 Å². The minimum atomic E-state index is -0.0836. The Labute approximate surface area is 334 Å². The predicted molar refractivity (Wildman–Crippen MR) is 243 cm³/mol. The maximum absolute atomic E-state index is 6.71. The van der Waals surface area contributed by atoms with Crippen LogP contribution in [-0.2, 0) is 5.41 Å². The van der Waals surface area contributed by atoms with Crippen LogP contribution in [0.4, 0.5) is 0 Å². The van der Waals surface area contributed by atoms with Crippen LogP contribution in [0.5, 0.6) is 0 Å². The number of aromatic nitrogens is 2. The van der Waals surface area contributed by atoms with Crippen LogP contribution in [0.15, 0.2) is 186 Å². The third-order valence-electron chi connectivity index (χ3n) is 13.1. The first-order valence-electron chi connectivity index (χ1n) is 20.2. The second kappa shape index (κ2) is 11.4. The van der Waals surface area contributed by atoms with E-state index in [2.05, 4.69) is 205 Å². The highest BCUT2D eigenvalue weighted by molar-refractivity contribution is 6.21. The normalized spacial score (nSPS) is 13.5. The van der Waals surface area contributed by atoms with E-state index in [1.165, 1.54) is 82.5 Å². The van der Waals surface area contributed by atoms with Gasteiger partial charge in [-0.2, -0.15) is 0 Å². The highest BCUT2D eigenvalue weighted by Crippen LogP contribution is 2.51. The van der Waals surface area contributed by atoms with E-state index in [4.69, 9.17) is 4.42 Å². The molecule has 3 nitrogen and oxygen atoms in total. The molecule has 0 unspecified atom stereocenters. The molecular weight excluding hydrogens is 705 g/mol. The van der Waals surface area contributed by atoms with Gasteiger partial charge in [0.1, 0.15) is 11.2 Å². The summed E-state index contributed by atoms with van der Waals surface area (Å²) in [6.07, 6.45) is 0. The number of hydrogen-bond donors (Lipinski definition) is 0. The van der Waals surface area contributed by atoms with Crippen LogP contribution in [0.2, 0.25) is 0 Å². The van der Waals surface area contributed by atoms with Crippen LogP contribution in [-0.4, -0.2) is 9.13 Å². The van der Waals surface area contributed by atoms with Gasteiger partial charge >= 0.3 is 0 Å². The molecule has 0 fully saturated rings. The van der Waals surface area contributed by atoms with Crippen LogP contribution < -0.4 is 0 Å². The minimum absolute atomic E-state index is 0.0836. The average molecular weight is 741 g/mol. The van der Waals surface area contributed by atoms with E-state index in [0.29, 0.717) is 0 Å². The largest absolute Gasteiger partial charge is 0.455 e. The molecule has 58 heavy (non-hydrogen) atoms. The maximum atomic E-state index is 6.71. The summed E-state index contributed by atoms with van der Waals surface area (Å²) >= 11 is 0. The highest BCUT2D eigenvalue weighted by Gasteiger charge is 2.36. The molecule has 0 aliphatic heterocycles. The lowest BCUT2D eigenvalue weighted by atomic mass is 9.82. The van der Waals surface area contributed by atoms with E-state index in [0.717, 1.165) is 38.5 Å². The van der Waals surface area contributed by atoms with E-state index in [-0.39, 0.29) is 5.41 Å². The molecule has 272 valence electrons. The van der Waals surface area contributed by atoms with Gasteiger partial charge in [0.2, 0.25) is 0 Å². The molecule has 0 radical (unpaired) electrons. The second-order valence-electron chi connectivity index (χ2n) is 16.5. The molecule has 0 amide bonds. The summed E-state index contributed by atoms with van der Waals surface area (Å²) in [6.45, 7) is 4.73. The van der Waals surface area contributed by atoms with Gasteiger partial charge in [0.15, 0.2) is 0 Å². The number of benzene rings is 9. The molecule has 0 N–H and O–H groups in total. The number of hydrogen-bond acceptors (Lipinski definition) is 1. The van der Waals surface area contributed by atoms with Gasteiger partial charge in [-0.25, -0.2) is 0 Å². The zero-order chi connectivity index (χ0) is 38.3. The van der Waals surface area contributed by atoms with Gasteiger partial charge < -0.3 is 13.6 Å². The summed E-state index contributed by atoms with van der Waals surface area (Å²) in [5, 5.41) is 9.57. The standard InChI is InChI=1S/C55H36N2O/c1-55(2)47-20-12-11-19-39(47)41-29-44-42-27-34(22-25-49(42)56(51(44)31-48(41)55)36-14-5-3-6-15-36)35-23-26-50-43(28-35)45-30-46-40-24-21-33-13-9-10-18-38(33)54(40)58-53(46)32-52(45)57(50)37-16-7-4-8-17-37/h3-32H,1-2H3. The first-order chi connectivity index (χ1) is 28.5. The van der Waals surface area contributed by atoms with Crippen LogP contribution >= 0.6 is 0 Å². The predicted octanol–water partition coefficient (Wildman–Crippen LogP) is 14.9. The Bertz CT molecular complexity index is 3690. The maximum Gasteiger partial charge on any atom is 0.143 e. The molecule has 1 aliphatic rings. The fraction of sp³-hybridized carbons (Fsp3) is 0.0545. The second-order valence-corrected chi connectivity index (χ2v) is 16.5. The number of nitrogens with zero attached hydrogens (tertiary/aromatic N) is 2. The zero-order valence-electron chi connectivity index (χ0n) is 32.1. The number of fused-ring (bicyclic) bond motifs is 14. The zero-order valence-corrected chi connectivity index (χ0v) is 32.1. The Hall–Kier alpha value is -7.36. The van der Waals surface area contributed by atoms with E-state index in [1.807, 2.05) is 0 Å². The fourth-order valence-corrected chi connectivity index (χ4v) is 10.3. The molecular formula is C55H36N2O. The van der Waals surface area contributed by atoms with Gasteiger partial charge in [0, 0.05) is 60.6 Å². The first-order valence-corrected chi connectivity index (χ1v) is 20.2. The lowest BCUT2D eigenvalue weighted by Crippen LogP contribution is -2.14. The van der Waals surface area contributed by atoms with Gasteiger partial charge in [0.25, 0.3) is 0 Å². The molecule has 1 aliphatic carbocycles. The lowest BCUT2D eigenvalue weighted by Gasteiger charge is -2.21. The molecule has 0 saturated carbocycles. The highest BCUT2D eigenvalue weighted by atomic mass is 16.3. The van der Waals surface area contributed by atoms with Crippen molar-refractivity contribution in [3.8, 4) is 33.6 Å². The van der Waals surface area contributed by atoms with Gasteiger partial charge in [-0.3, -0.25) is 0 Å². The molecule has 0 bridgehead atoms. The average Bonchev–Trinajstić information content (AvgIpc) is 3.97. The fourth-order valence-electron chi connectivity index (χ4n) is 10.3. The molecule has 3 heterocycles. The molecule has 3 heteroatoms. The van der Waals surface area contributed by atoms with Gasteiger partial charge in [0.05, 0.1) is 22.1 Å². The van der Waals surface area contributed by atoms with Gasteiger partial charge in [-0.15, -0.1) is 0 Å². The first kappa shape index (κ1) is 31.8. The van der Waals surface area contributed by atoms with Gasteiger partial charge in [-0.1, -0.05) is 117 Å². The van der Waals surface area contributed by atoms with Crippen molar-refractivity contribution in [2.45, 2.75) is 19.3 Å².